The predicted molar refractivity (Wildman–Crippen MR) is 66.0 cm³/mol. The molecule has 1 N–H and O–H groups in total. The highest BCUT2D eigenvalue weighted by atomic mass is 32.2. The van der Waals surface area contributed by atoms with Gasteiger partial charge < -0.3 is 10.2 Å². The molecule has 0 aromatic carbocycles. The van der Waals surface area contributed by atoms with Crippen molar-refractivity contribution < 1.29 is 0 Å². The molecule has 0 bridgehead atoms. The first-order valence-corrected chi connectivity index (χ1v) is 6.51. The first-order valence-electron chi connectivity index (χ1n) is 5.35. The number of nitrogens with zero attached hydrogens (tertiary/aromatic N) is 1. The van der Waals surface area contributed by atoms with Crippen LogP contribution in [0.15, 0.2) is 12.7 Å². The van der Waals surface area contributed by atoms with Crippen molar-refractivity contribution in [2.24, 2.45) is 0 Å². The Labute approximate surface area is 92.1 Å². The van der Waals surface area contributed by atoms with Crippen LogP contribution >= 0.6 is 11.8 Å². The summed E-state index contributed by atoms with van der Waals surface area (Å²) in [6.45, 7) is 5.01. The van der Waals surface area contributed by atoms with Crippen LogP contribution in [-0.4, -0.2) is 49.1 Å². The molecule has 1 fully saturated rings. The summed E-state index contributed by atoms with van der Waals surface area (Å²) in [5.41, 5.74) is 0. The van der Waals surface area contributed by atoms with Crippen LogP contribution in [-0.2, 0) is 0 Å². The monoisotopic (exact) mass is 214 g/mol. The summed E-state index contributed by atoms with van der Waals surface area (Å²) in [4.78, 5) is 2.49. The molecule has 2 nitrogen and oxygen atoms in total. The molecule has 3 heteroatoms. The summed E-state index contributed by atoms with van der Waals surface area (Å²) < 4.78 is 0. The zero-order chi connectivity index (χ0) is 10.4. The Hall–Kier alpha value is 0.01000. The Kier molecular flexibility index (Phi) is 5.60. The summed E-state index contributed by atoms with van der Waals surface area (Å²) in [5.74, 6) is 2.55. The normalized spacial score (nSPS) is 26.0. The van der Waals surface area contributed by atoms with E-state index in [1.807, 2.05) is 6.08 Å². The second-order valence-corrected chi connectivity index (χ2v) is 5.03. The van der Waals surface area contributed by atoms with Gasteiger partial charge in [-0.1, -0.05) is 6.08 Å². The van der Waals surface area contributed by atoms with Gasteiger partial charge in [-0.15, -0.1) is 6.58 Å². The van der Waals surface area contributed by atoms with Crippen LogP contribution in [0, 0.1) is 0 Å². The van der Waals surface area contributed by atoms with Crippen molar-refractivity contribution in [1.29, 1.82) is 0 Å². The lowest BCUT2D eigenvalue weighted by Gasteiger charge is -2.37. The van der Waals surface area contributed by atoms with Gasteiger partial charge in [0.25, 0.3) is 0 Å². The van der Waals surface area contributed by atoms with Crippen LogP contribution in [0.2, 0.25) is 0 Å². The topological polar surface area (TPSA) is 15.3 Å². The number of allylic oxidation sites excluding steroid dienone is 1. The SMILES string of the molecule is C=CCCC(NC)C1CSCCN1C. The van der Waals surface area contributed by atoms with E-state index in [1.165, 1.54) is 24.5 Å². The molecule has 1 heterocycles. The maximum absolute atomic E-state index is 3.78. The zero-order valence-corrected chi connectivity index (χ0v) is 10.1. The molecule has 1 aliphatic rings. The second-order valence-electron chi connectivity index (χ2n) is 3.88. The van der Waals surface area contributed by atoms with Gasteiger partial charge in [-0.05, 0) is 26.9 Å². The zero-order valence-electron chi connectivity index (χ0n) is 9.33. The fourth-order valence-corrected chi connectivity index (χ4v) is 3.27. The summed E-state index contributed by atoms with van der Waals surface area (Å²) in [6.07, 6.45) is 4.33. The Morgan fingerprint density at radius 1 is 1.71 bits per heavy atom. The maximum atomic E-state index is 3.78. The van der Waals surface area contributed by atoms with Gasteiger partial charge in [0.2, 0.25) is 0 Å². The lowest BCUT2D eigenvalue weighted by molar-refractivity contribution is 0.214. The van der Waals surface area contributed by atoms with Gasteiger partial charge in [0.1, 0.15) is 0 Å². The molecule has 14 heavy (non-hydrogen) atoms. The van der Waals surface area contributed by atoms with Crippen molar-refractivity contribution >= 4 is 11.8 Å². The van der Waals surface area contributed by atoms with Crippen molar-refractivity contribution in [2.75, 3.05) is 32.1 Å². The first-order chi connectivity index (χ1) is 6.79. The van der Waals surface area contributed by atoms with E-state index in [-0.39, 0.29) is 0 Å². The summed E-state index contributed by atoms with van der Waals surface area (Å²) >= 11 is 2.08. The lowest BCUT2D eigenvalue weighted by Crippen LogP contribution is -2.51. The molecule has 0 aromatic heterocycles. The number of hydrogen-bond donors (Lipinski definition) is 1. The molecular weight excluding hydrogens is 192 g/mol. The molecule has 0 spiro atoms. The molecule has 0 aliphatic carbocycles. The summed E-state index contributed by atoms with van der Waals surface area (Å²) in [7, 11) is 4.31. The van der Waals surface area contributed by atoms with E-state index < -0.39 is 0 Å². The Morgan fingerprint density at radius 2 is 2.50 bits per heavy atom. The highest BCUT2D eigenvalue weighted by Crippen LogP contribution is 2.19. The highest BCUT2D eigenvalue weighted by Gasteiger charge is 2.26. The lowest BCUT2D eigenvalue weighted by atomic mass is 10.0. The van der Waals surface area contributed by atoms with Crippen LogP contribution in [0.4, 0.5) is 0 Å². The molecule has 82 valence electrons. The van der Waals surface area contributed by atoms with Crippen LogP contribution in [0.25, 0.3) is 0 Å². The Balaban J connectivity index is 2.43. The van der Waals surface area contributed by atoms with Crippen LogP contribution < -0.4 is 5.32 Å². The minimum absolute atomic E-state index is 0.616. The van der Waals surface area contributed by atoms with Gasteiger partial charge in [0.15, 0.2) is 0 Å². The third kappa shape index (κ3) is 3.30. The Morgan fingerprint density at radius 3 is 3.07 bits per heavy atom. The standard InChI is InChI=1S/C11H22N2S/c1-4-5-6-10(12-2)11-9-14-8-7-13(11)3/h4,10-12H,1,5-9H2,2-3H3. The van der Waals surface area contributed by atoms with Crippen molar-refractivity contribution in [3.05, 3.63) is 12.7 Å². The molecule has 2 atom stereocenters. The van der Waals surface area contributed by atoms with Crippen molar-refractivity contribution in [1.82, 2.24) is 10.2 Å². The smallest absolute Gasteiger partial charge is 0.0337 e. The predicted octanol–water partition coefficient (Wildman–Crippen LogP) is 1.59. The Bertz CT molecular complexity index is 173. The molecule has 2 unspecified atom stereocenters. The van der Waals surface area contributed by atoms with Crippen LogP contribution in [0.3, 0.4) is 0 Å². The van der Waals surface area contributed by atoms with Gasteiger partial charge >= 0.3 is 0 Å². The van der Waals surface area contributed by atoms with Crippen LogP contribution in [0.5, 0.6) is 0 Å². The molecule has 0 amide bonds. The fraction of sp³-hybridized carbons (Fsp3) is 0.818. The van der Waals surface area contributed by atoms with Gasteiger partial charge in [0, 0.05) is 30.1 Å². The number of hydrogen-bond acceptors (Lipinski definition) is 3. The molecule has 1 saturated heterocycles. The number of rotatable bonds is 5. The van der Waals surface area contributed by atoms with E-state index in [9.17, 15) is 0 Å². The average Bonchev–Trinajstić information content (AvgIpc) is 2.21. The molecule has 1 aliphatic heterocycles. The molecule has 1 rings (SSSR count). The quantitative estimate of drug-likeness (QED) is 0.700. The van der Waals surface area contributed by atoms with Gasteiger partial charge in [-0.3, -0.25) is 0 Å². The molecule has 0 aromatic rings. The van der Waals surface area contributed by atoms with Gasteiger partial charge in [0.05, 0.1) is 0 Å². The van der Waals surface area contributed by atoms with E-state index in [2.05, 4.69) is 42.7 Å². The highest BCUT2D eigenvalue weighted by molar-refractivity contribution is 7.99. The van der Waals surface area contributed by atoms with E-state index >= 15 is 0 Å². The van der Waals surface area contributed by atoms with Crippen molar-refractivity contribution in [3.63, 3.8) is 0 Å². The molecular formula is C11H22N2S. The molecule has 0 saturated carbocycles. The third-order valence-corrected chi connectivity index (χ3v) is 4.01. The van der Waals surface area contributed by atoms with Crippen molar-refractivity contribution in [3.8, 4) is 0 Å². The number of nitrogens with one attached hydrogen (secondary N) is 1. The summed E-state index contributed by atoms with van der Waals surface area (Å²) in [5, 5.41) is 3.43. The van der Waals surface area contributed by atoms with E-state index in [0.717, 1.165) is 6.42 Å². The maximum Gasteiger partial charge on any atom is 0.0337 e. The van der Waals surface area contributed by atoms with Crippen LogP contribution in [0.1, 0.15) is 12.8 Å². The largest absolute Gasteiger partial charge is 0.315 e. The molecule has 0 radical (unpaired) electrons. The third-order valence-electron chi connectivity index (χ3n) is 2.96. The minimum atomic E-state index is 0.616. The van der Waals surface area contributed by atoms with E-state index in [0.29, 0.717) is 12.1 Å². The number of thioether (sulfide) groups is 1. The number of likely N-dealkylation sites (N-methyl/N-ethyl adjacent to an activating group) is 2. The minimum Gasteiger partial charge on any atom is -0.315 e. The first kappa shape index (κ1) is 12.1. The van der Waals surface area contributed by atoms with Gasteiger partial charge in [-0.25, -0.2) is 0 Å². The second kappa shape index (κ2) is 6.49. The van der Waals surface area contributed by atoms with Crippen molar-refractivity contribution in [2.45, 2.75) is 24.9 Å². The van der Waals surface area contributed by atoms with Gasteiger partial charge in [-0.2, -0.15) is 11.8 Å². The summed E-state index contributed by atoms with van der Waals surface area (Å²) in [6, 6.07) is 1.31. The van der Waals surface area contributed by atoms with E-state index in [1.54, 1.807) is 0 Å². The fourth-order valence-electron chi connectivity index (χ4n) is 1.96. The average molecular weight is 214 g/mol. The van der Waals surface area contributed by atoms with E-state index in [4.69, 9.17) is 0 Å².